The summed E-state index contributed by atoms with van der Waals surface area (Å²) in [6, 6.07) is 22.9. The standard InChI is InChI=1S/C29H25ClN2O4S/c1-17(23-5-3-4-6-24(23)30)36-28(35)31-25-18(2)37-32-26(25)21-9-7-19(8-10-21)20-11-13-22(14-12-20)29(15-16-29)27(33)34/h3-14,17H,15-16H2,1-2H3,(H,31,35)(H,33,34)/t17-/m1/s1. The van der Waals surface area contributed by atoms with Gasteiger partial charge in [-0.3, -0.25) is 10.1 Å². The Morgan fingerprint density at radius 2 is 1.59 bits per heavy atom. The van der Waals surface area contributed by atoms with Crippen LogP contribution in [0.5, 0.6) is 0 Å². The zero-order valence-corrected chi connectivity index (χ0v) is 21.9. The fourth-order valence-corrected chi connectivity index (χ4v) is 5.38. The van der Waals surface area contributed by atoms with Crippen molar-refractivity contribution in [1.29, 1.82) is 0 Å². The summed E-state index contributed by atoms with van der Waals surface area (Å²) in [6.07, 6.45) is 0.280. The topological polar surface area (TPSA) is 88.5 Å². The van der Waals surface area contributed by atoms with Crippen molar-refractivity contribution in [2.75, 3.05) is 5.32 Å². The fourth-order valence-electron chi connectivity index (χ4n) is 4.43. The molecule has 1 aliphatic carbocycles. The lowest BCUT2D eigenvalue weighted by atomic mass is 9.93. The molecule has 6 nitrogen and oxygen atoms in total. The number of amides is 1. The van der Waals surface area contributed by atoms with Gasteiger partial charge in [-0.25, -0.2) is 4.79 Å². The first-order valence-corrected chi connectivity index (χ1v) is 13.1. The van der Waals surface area contributed by atoms with Crippen LogP contribution < -0.4 is 5.32 Å². The zero-order valence-electron chi connectivity index (χ0n) is 20.3. The third-order valence-electron chi connectivity index (χ3n) is 6.81. The number of nitrogens with one attached hydrogen (secondary N) is 1. The molecule has 0 bridgehead atoms. The summed E-state index contributed by atoms with van der Waals surface area (Å²) < 4.78 is 10.1. The number of nitrogens with zero attached hydrogens (tertiary/aromatic N) is 1. The molecule has 1 fully saturated rings. The van der Waals surface area contributed by atoms with Crippen molar-refractivity contribution in [2.24, 2.45) is 0 Å². The van der Waals surface area contributed by atoms with Crippen molar-refractivity contribution in [1.82, 2.24) is 4.37 Å². The smallest absolute Gasteiger partial charge is 0.412 e. The highest BCUT2D eigenvalue weighted by Gasteiger charge is 2.51. The predicted molar refractivity (Wildman–Crippen MR) is 146 cm³/mol. The zero-order chi connectivity index (χ0) is 26.2. The van der Waals surface area contributed by atoms with Crippen LogP contribution in [0.25, 0.3) is 22.4 Å². The molecule has 5 rings (SSSR count). The van der Waals surface area contributed by atoms with Crippen LogP contribution in [0.15, 0.2) is 72.8 Å². The van der Waals surface area contributed by atoms with Crippen molar-refractivity contribution in [2.45, 2.75) is 38.2 Å². The molecule has 0 spiro atoms. The highest BCUT2D eigenvalue weighted by molar-refractivity contribution is 7.06. The first-order valence-electron chi connectivity index (χ1n) is 11.9. The van der Waals surface area contributed by atoms with E-state index in [4.69, 9.17) is 16.3 Å². The van der Waals surface area contributed by atoms with Gasteiger partial charge in [0.15, 0.2) is 0 Å². The number of benzene rings is 3. The lowest BCUT2D eigenvalue weighted by molar-refractivity contribution is -0.140. The minimum atomic E-state index is -0.755. The maximum Gasteiger partial charge on any atom is 0.412 e. The van der Waals surface area contributed by atoms with Crippen LogP contribution in [0, 0.1) is 6.92 Å². The van der Waals surface area contributed by atoms with Gasteiger partial charge in [-0.05, 0) is 61.0 Å². The molecule has 0 radical (unpaired) electrons. The van der Waals surface area contributed by atoms with Crippen LogP contribution in [0.3, 0.4) is 0 Å². The van der Waals surface area contributed by atoms with Crippen LogP contribution in [0.1, 0.15) is 41.9 Å². The molecule has 1 atom stereocenters. The summed E-state index contributed by atoms with van der Waals surface area (Å²) >= 11 is 7.54. The number of halogens is 1. The molecular formula is C29H25ClN2O4S. The Morgan fingerprint density at radius 3 is 2.19 bits per heavy atom. The number of carbonyl (C=O) groups excluding carboxylic acids is 1. The monoisotopic (exact) mass is 532 g/mol. The molecule has 3 aromatic carbocycles. The van der Waals surface area contributed by atoms with E-state index < -0.39 is 23.6 Å². The summed E-state index contributed by atoms with van der Waals surface area (Å²) in [4.78, 5) is 25.1. The maximum atomic E-state index is 12.7. The van der Waals surface area contributed by atoms with E-state index in [2.05, 4.69) is 9.69 Å². The molecular weight excluding hydrogens is 508 g/mol. The predicted octanol–water partition coefficient (Wildman–Crippen LogP) is 7.86. The van der Waals surface area contributed by atoms with Gasteiger partial charge in [-0.2, -0.15) is 4.37 Å². The van der Waals surface area contributed by atoms with Crippen molar-refractivity contribution < 1.29 is 19.4 Å². The molecule has 1 aliphatic rings. The number of ether oxygens (including phenoxy) is 1. The van der Waals surface area contributed by atoms with Gasteiger partial charge in [0.2, 0.25) is 0 Å². The summed E-state index contributed by atoms with van der Waals surface area (Å²) in [7, 11) is 0. The molecule has 1 aromatic heterocycles. The molecule has 0 unspecified atom stereocenters. The first-order chi connectivity index (χ1) is 17.8. The summed E-state index contributed by atoms with van der Waals surface area (Å²) in [5.41, 5.74) is 5.03. The Kier molecular flexibility index (Phi) is 6.75. The van der Waals surface area contributed by atoms with Crippen LogP contribution in [-0.2, 0) is 14.9 Å². The molecule has 0 saturated heterocycles. The van der Waals surface area contributed by atoms with Crippen molar-refractivity contribution in [3.05, 3.63) is 93.8 Å². The first kappa shape index (κ1) is 25.0. The number of aromatic nitrogens is 1. The van der Waals surface area contributed by atoms with Gasteiger partial charge in [-0.1, -0.05) is 78.3 Å². The van der Waals surface area contributed by atoms with Crippen molar-refractivity contribution in [3.63, 3.8) is 0 Å². The van der Waals surface area contributed by atoms with Crippen LogP contribution in [-0.4, -0.2) is 21.5 Å². The normalized spacial score (nSPS) is 14.6. The lowest BCUT2D eigenvalue weighted by Gasteiger charge is -2.16. The highest BCUT2D eigenvalue weighted by atomic mass is 35.5. The van der Waals surface area contributed by atoms with Gasteiger partial charge >= 0.3 is 12.1 Å². The quantitative estimate of drug-likeness (QED) is 0.253. The summed E-state index contributed by atoms with van der Waals surface area (Å²) in [5.74, 6) is -0.755. The minimum absolute atomic E-state index is 0.514. The van der Waals surface area contributed by atoms with Gasteiger partial charge < -0.3 is 9.84 Å². The number of anilines is 1. The van der Waals surface area contributed by atoms with E-state index in [0.29, 0.717) is 29.2 Å². The Morgan fingerprint density at radius 1 is 1.00 bits per heavy atom. The van der Waals surface area contributed by atoms with Crippen molar-refractivity contribution in [3.8, 4) is 22.4 Å². The van der Waals surface area contributed by atoms with E-state index in [1.54, 1.807) is 13.0 Å². The number of rotatable bonds is 7. The van der Waals surface area contributed by atoms with E-state index in [-0.39, 0.29) is 0 Å². The van der Waals surface area contributed by atoms with Gasteiger partial charge in [0.1, 0.15) is 11.8 Å². The number of carbonyl (C=O) groups is 2. The molecule has 2 N–H and O–H groups in total. The largest absolute Gasteiger partial charge is 0.481 e. The Balaban J connectivity index is 1.30. The SMILES string of the molecule is Cc1snc(-c2ccc(-c3ccc(C4(C(=O)O)CC4)cc3)cc2)c1NC(=O)O[C@H](C)c1ccccc1Cl. The molecule has 0 aliphatic heterocycles. The minimum Gasteiger partial charge on any atom is -0.481 e. The van der Waals surface area contributed by atoms with Gasteiger partial charge in [0.25, 0.3) is 0 Å². The number of aliphatic carboxylic acids is 1. The summed E-state index contributed by atoms with van der Waals surface area (Å²) in [5, 5.41) is 12.9. The average molecular weight is 533 g/mol. The number of aryl methyl sites for hydroxylation is 1. The number of carboxylic acid groups (broad SMARTS) is 1. The van der Waals surface area contributed by atoms with Crippen molar-refractivity contribution >= 4 is 40.9 Å². The fraction of sp³-hybridized carbons (Fsp3) is 0.207. The maximum absolute atomic E-state index is 12.7. The molecule has 37 heavy (non-hydrogen) atoms. The van der Waals surface area contributed by atoms with Gasteiger partial charge in [-0.15, -0.1) is 0 Å². The number of carboxylic acids is 1. The Labute approximate surface area is 224 Å². The lowest BCUT2D eigenvalue weighted by Crippen LogP contribution is -2.19. The Hall–Kier alpha value is -3.68. The van der Waals surface area contributed by atoms with E-state index in [0.717, 1.165) is 32.7 Å². The molecule has 1 amide bonds. The van der Waals surface area contributed by atoms with Crippen LogP contribution in [0.2, 0.25) is 5.02 Å². The van der Waals surface area contributed by atoms with Crippen LogP contribution >= 0.6 is 23.1 Å². The third-order valence-corrected chi connectivity index (χ3v) is 7.90. The number of hydrogen-bond donors (Lipinski definition) is 2. The molecule has 1 saturated carbocycles. The van der Waals surface area contributed by atoms with E-state index in [1.165, 1.54) is 11.5 Å². The van der Waals surface area contributed by atoms with Gasteiger partial charge in [0, 0.05) is 21.0 Å². The molecule has 1 heterocycles. The highest BCUT2D eigenvalue weighted by Crippen LogP contribution is 2.48. The third kappa shape index (κ3) is 4.97. The number of hydrogen-bond acceptors (Lipinski definition) is 5. The van der Waals surface area contributed by atoms with E-state index in [9.17, 15) is 14.7 Å². The molecule has 4 aromatic rings. The molecule has 188 valence electrons. The van der Waals surface area contributed by atoms with E-state index in [1.807, 2.05) is 73.7 Å². The average Bonchev–Trinajstić information content (AvgIpc) is 3.64. The van der Waals surface area contributed by atoms with Gasteiger partial charge in [0.05, 0.1) is 11.1 Å². The second-order valence-corrected chi connectivity index (χ2v) is 10.6. The summed E-state index contributed by atoms with van der Waals surface area (Å²) in [6.45, 7) is 3.67. The second-order valence-electron chi connectivity index (χ2n) is 9.20. The van der Waals surface area contributed by atoms with E-state index >= 15 is 0 Å². The second kappa shape index (κ2) is 10.00. The molecule has 8 heteroatoms. The van der Waals surface area contributed by atoms with Crippen LogP contribution in [0.4, 0.5) is 10.5 Å². The Bertz CT molecular complexity index is 1460.